The third kappa shape index (κ3) is 4.52. The van der Waals surface area contributed by atoms with E-state index in [2.05, 4.69) is 31.0 Å². The fourth-order valence-corrected chi connectivity index (χ4v) is 3.51. The van der Waals surface area contributed by atoms with Gasteiger partial charge >= 0.3 is 0 Å². The Balaban J connectivity index is 1.95. The topological polar surface area (TPSA) is 15.3 Å². The minimum atomic E-state index is -0.159. The van der Waals surface area contributed by atoms with E-state index in [1.165, 1.54) is 24.9 Å². The molecule has 1 aromatic rings. The largest absolute Gasteiger partial charge is 0.310 e. The summed E-state index contributed by atoms with van der Waals surface area (Å²) < 4.78 is 13.1. The van der Waals surface area contributed by atoms with Gasteiger partial charge in [-0.1, -0.05) is 32.9 Å². The second kappa shape index (κ2) is 7.90. The highest BCUT2D eigenvalue weighted by Gasteiger charge is 2.27. The van der Waals surface area contributed by atoms with Gasteiger partial charge in [0, 0.05) is 18.6 Å². The Labute approximate surface area is 128 Å². The zero-order valence-electron chi connectivity index (χ0n) is 13.6. The molecular weight excluding hydrogens is 263 g/mol. The molecule has 1 fully saturated rings. The molecule has 0 aliphatic carbocycles. The summed E-state index contributed by atoms with van der Waals surface area (Å²) in [6.07, 6.45) is 3.74. The zero-order valence-corrected chi connectivity index (χ0v) is 13.6. The third-order valence-electron chi connectivity index (χ3n) is 4.61. The second-order valence-corrected chi connectivity index (χ2v) is 6.44. The molecule has 2 nitrogen and oxygen atoms in total. The van der Waals surface area contributed by atoms with E-state index in [1.807, 2.05) is 12.1 Å². The Morgan fingerprint density at radius 3 is 2.62 bits per heavy atom. The molecule has 21 heavy (non-hydrogen) atoms. The average Bonchev–Trinajstić information content (AvgIpc) is 2.93. The van der Waals surface area contributed by atoms with E-state index in [0.717, 1.165) is 31.5 Å². The van der Waals surface area contributed by atoms with Crippen molar-refractivity contribution in [3.8, 4) is 0 Å². The molecule has 3 heteroatoms. The normalized spacial score (nSPS) is 21.1. The van der Waals surface area contributed by atoms with Crippen molar-refractivity contribution >= 4 is 0 Å². The van der Waals surface area contributed by atoms with Crippen molar-refractivity contribution in [2.45, 2.75) is 52.1 Å². The predicted octanol–water partition coefficient (Wildman–Crippen LogP) is 3.99. The zero-order chi connectivity index (χ0) is 15.2. The molecule has 0 spiro atoms. The molecule has 1 saturated heterocycles. The molecule has 2 unspecified atom stereocenters. The number of nitrogens with zero attached hydrogens (tertiary/aromatic N) is 1. The Kier molecular flexibility index (Phi) is 6.19. The molecule has 1 aliphatic heterocycles. The van der Waals surface area contributed by atoms with E-state index in [4.69, 9.17) is 0 Å². The number of likely N-dealkylation sites (tertiary alicyclic amines) is 1. The van der Waals surface area contributed by atoms with E-state index in [9.17, 15) is 4.39 Å². The Morgan fingerprint density at radius 2 is 2.00 bits per heavy atom. The van der Waals surface area contributed by atoms with Crippen molar-refractivity contribution in [1.82, 2.24) is 10.2 Å². The monoisotopic (exact) mass is 292 g/mol. The number of halogens is 1. The first-order valence-corrected chi connectivity index (χ1v) is 8.34. The number of hydrogen-bond acceptors (Lipinski definition) is 2. The molecule has 0 radical (unpaired) electrons. The smallest absolute Gasteiger partial charge is 0.123 e. The summed E-state index contributed by atoms with van der Waals surface area (Å²) in [5.74, 6) is 0.573. The van der Waals surface area contributed by atoms with Gasteiger partial charge in [0.2, 0.25) is 0 Å². The fourth-order valence-electron chi connectivity index (χ4n) is 3.51. The summed E-state index contributed by atoms with van der Waals surface area (Å²) in [6, 6.07) is 8.00. The lowest BCUT2D eigenvalue weighted by Gasteiger charge is -2.29. The Hall–Kier alpha value is -0.930. The third-order valence-corrected chi connectivity index (χ3v) is 4.61. The molecule has 1 aliphatic rings. The molecule has 0 aromatic heterocycles. The summed E-state index contributed by atoms with van der Waals surface area (Å²) in [6.45, 7) is 10.1. The average molecular weight is 292 g/mol. The molecule has 118 valence electrons. The first kappa shape index (κ1) is 16.4. The minimum absolute atomic E-state index is 0.159. The van der Waals surface area contributed by atoms with E-state index < -0.39 is 0 Å². The summed E-state index contributed by atoms with van der Waals surface area (Å²) in [5.41, 5.74) is 1.19. The van der Waals surface area contributed by atoms with Gasteiger partial charge in [0.15, 0.2) is 0 Å². The van der Waals surface area contributed by atoms with Crippen molar-refractivity contribution in [2.75, 3.05) is 19.6 Å². The SMILES string of the molecule is CCNC(CCN1CCCC1C(C)C)c1ccc(F)cc1. The fraction of sp³-hybridized carbons (Fsp3) is 0.667. The van der Waals surface area contributed by atoms with Gasteiger partial charge in [-0.25, -0.2) is 4.39 Å². The summed E-state index contributed by atoms with van der Waals surface area (Å²) in [7, 11) is 0. The Morgan fingerprint density at radius 1 is 1.29 bits per heavy atom. The van der Waals surface area contributed by atoms with Crippen LogP contribution in [-0.4, -0.2) is 30.6 Å². The van der Waals surface area contributed by atoms with Crippen LogP contribution in [0.1, 0.15) is 51.6 Å². The van der Waals surface area contributed by atoms with Crippen molar-refractivity contribution in [2.24, 2.45) is 5.92 Å². The van der Waals surface area contributed by atoms with Crippen molar-refractivity contribution in [1.29, 1.82) is 0 Å². The van der Waals surface area contributed by atoms with Crippen LogP contribution in [-0.2, 0) is 0 Å². The van der Waals surface area contributed by atoms with Crippen LogP contribution in [0, 0.1) is 11.7 Å². The van der Waals surface area contributed by atoms with E-state index in [-0.39, 0.29) is 5.82 Å². The minimum Gasteiger partial charge on any atom is -0.310 e. The number of hydrogen-bond donors (Lipinski definition) is 1. The van der Waals surface area contributed by atoms with E-state index in [1.54, 1.807) is 12.1 Å². The molecule has 2 atom stereocenters. The van der Waals surface area contributed by atoms with E-state index >= 15 is 0 Å². The lowest BCUT2D eigenvalue weighted by molar-refractivity contribution is 0.197. The van der Waals surface area contributed by atoms with Gasteiger partial charge in [-0.3, -0.25) is 0 Å². The summed E-state index contributed by atoms with van der Waals surface area (Å²) in [5, 5.41) is 3.54. The van der Waals surface area contributed by atoms with Crippen LogP contribution < -0.4 is 5.32 Å². The number of rotatable bonds is 7. The highest BCUT2D eigenvalue weighted by molar-refractivity contribution is 5.20. The van der Waals surface area contributed by atoms with E-state index in [0.29, 0.717) is 6.04 Å². The lowest BCUT2D eigenvalue weighted by atomic mass is 10.00. The van der Waals surface area contributed by atoms with Crippen molar-refractivity contribution in [3.63, 3.8) is 0 Å². The van der Waals surface area contributed by atoms with Gasteiger partial charge in [0.05, 0.1) is 0 Å². The van der Waals surface area contributed by atoms with Crippen LogP contribution in [0.4, 0.5) is 4.39 Å². The van der Waals surface area contributed by atoms with Crippen LogP contribution in [0.2, 0.25) is 0 Å². The van der Waals surface area contributed by atoms with Gasteiger partial charge in [-0.2, -0.15) is 0 Å². The first-order chi connectivity index (χ1) is 10.1. The molecule has 2 rings (SSSR count). The number of benzene rings is 1. The first-order valence-electron chi connectivity index (χ1n) is 8.34. The van der Waals surface area contributed by atoms with Crippen LogP contribution in [0.25, 0.3) is 0 Å². The number of nitrogens with one attached hydrogen (secondary N) is 1. The second-order valence-electron chi connectivity index (χ2n) is 6.44. The van der Waals surface area contributed by atoms with Gasteiger partial charge in [0.1, 0.15) is 5.82 Å². The Bertz CT molecular complexity index is 416. The highest BCUT2D eigenvalue weighted by Crippen LogP contribution is 2.26. The molecule has 1 heterocycles. The van der Waals surface area contributed by atoms with Crippen LogP contribution in [0.5, 0.6) is 0 Å². The van der Waals surface area contributed by atoms with Crippen LogP contribution >= 0.6 is 0 Å². The van der Waals surface area contributed by atoms with Gasteiger partial charge < -0.3 is 10.2 Å². The van der Waals surface area contributed by atoms with Crippen molar-refractivity contribution < 1.29 is 4.39 Å². The van der Waals surface area contributed by atoms with Crippen LogP contribution in [0.15, 0.2) is 24.3 Å². The van der Waals surface area contributed by atoms with Gasteiger partial charge in [-0.05, 0) is 56.0 Å². The summed E-state index contributed by atoms with van der Waals surface area (Å²) >= 11 is 0. The maximum absolute atomic E-state index is 13.1. The van der Waals surface area contributed by atoms with Gasteiger partial charge in [-0.15, -0.1) is 0 Å². The molecule has 1 N–H and O–H groups in total. The molecule has 0 bridgehead atoms. The maximum atomic E-state index is 13.1. The quantitative estimate of drug-likeness (QED) is 0.817. The van der Waals surface area contributed by atoms with Gasteiger partial charge in [0.25, 0.3) is 0 Å². The highest BCUT2D eigenvalue weighted by atomic mass is 19.1. The van der Waals surface area contributed by atoms with Crippen molar-refractivity contribution in [3.05, 3.63) is 35.6 Å². The van der Waals surface area contributed by atoms with Crippen LogP contribution in [0.3, 0.4) is 0 Å². The predicted molar refractivity (Wildman–Crippen MR) is 86.9 cm³/mol. The molecular formula is C18H29FN2. The summed E-state index contributed by atoms with van der Waals surface area (Å²) in [4.78, 5) is 2.64. The molecule has 0 saturated carbocycles. The molecule has 1 aromatic carbocycles. The standard InChI is InChI=1S/C18H29FN2/c1-4-20-17(15-7-9-16(19)10-8-15)11-13-21-12-5-6-18(21)14(2)3/h7-10,14,17-18,20H,4-6,11-13H2,1-3H3. The molecule has 0 amide bonds. The lowest BCUT2D eigenvalue weighted by Crippen LogP contribution is -2.36. The maximum Gasteiger partial charge on any atom is 0.123 e.